The molecule has 0 aliphatic carbocycles. The van der Waals surface area contributed by atoms with Crippen LogP contribution >= 0.6 is 94.1 Å². The molecule has 0 saturated carbocycles. The summed E-state index contributed by atoms with van der Waals surface area (Å²) in [5.41, 5.74) is 49.7. The molecule has 29 heteroatoms. The molecule has 0 atom stereocenters. The fourth-order valence-corrected chi connectivity index (χ4v) is 15.0. The first kappa shape index (κ1) is 77.5. The van der Waals surface area contributed by atoms with Crippen molar-refractivity contribution in [2.75, 3.05) is 177 Å². The average Bonchev–Trinajstić information content (AvgIpc) is 3.41. The molecule has 0 aliphatic heterocycles. The molecule has 0 rings (SSSR count). The fourth-order valence-electron chi connectivity index (χ4n) is 7.15. The number of hydrogen-bond donors (Lipinski definition) is 9. The van der Waals surface area contributed by atoms with Crippen LogP contribution in [0.2, 0.25) is 0 Å². The summed E-state index contributed by atoms with van der Waals surface area (Å²) in [5.74, 6) is 15.9. The van der Waals surface area contributed by atoms with Gasteiger partial charge in [-0.15, -0.1) is 6.58 Å². The van der Waals surface area contributed by atoms with Gasteiger partial charge in [-0.3, -0.25) is 39.1 Å². The van der Waals surface area contributed by atoms with Gasteiger partial charge < -0.3 is 71.2 Å². The van der Waals surface area contributed by atoms with Crippen LogP contribution in [0.25, 0.3) is 0 Å². The Morgan fingerprint density at radius 3 is 0.800 bits per heavy atom. The van der Waals surface area contributed by atoms with E-state index in [1.54, 1.807) is 34.5 Å². The first-order valence-electron chi connectivity index (χ1n) is 28.0. The second-order valence-corrected chi connectivity index (χ2v) is 27.8. The maximum absolute atomic E-state index is 13.3. The quantitative estimate of drug-likeness (QED) is 0.0183. The lowest BCUT2D eigenvalue weighted by Gasteiger charge is -2.22. The Morgan fingerprint density at radius 2 is 0.550 bits per heavy atom. The van der Waals surface area contributed by atoms with Crippen molar-refractivity contribution in [3.05, 3.63) is 12.7 Å². The molecular formula is C51H103N17O4S8. The van der Waals surface area contributed by atoms with Crippen molar-refractivity contribution in [3.8, 4) is 0 Å². The second kappa shape index (κ2) is 56.9. The van der Waals surface area contributed by atoms with Crippen molar-refractivity contribution >= 4 is 142 Å². The minimum atomic E-state index is 0.0175. The summed E-state index contributed by atoms with van der Waals surface area (Å²) in [7, 11) is 0. The van der Waals surface area contributed by atoms with E-state index < -0.39 is 0 Å². The summed E-state index contributed by atoms with van der Waals surface area (Å²) < 4.78 is 0. The minimum absolute atomic E-state index is 0.0175. The maximum Gasteiger partial charge on any atom is 0.223 e. The van der Waals surface area contributed by atoms with Crippen LogP contribution in [0.15, 0.2) is 32.6 Å². The molecule has 0 saturated heterocycles. The van der Waals surface area contributed by atoms with E-state index in [9.17, 15) is 19.2 Å². The smallest absolute Gasteiger partial charge is 0.223 e. The highest BCUT2D eigenvalue weighted by atomic mass is 32.2. The molecule has 0 aromatic rings. The molecule has 21 nitrogen and oxygen atoms in total. The van der Waals surface area contributed by atoms with E-state index in [1.165, 1.54) is 0 Å². The maximum atomic E-state index is 13.3. The Kier molecular flexibility index (Phi) is 55.1. The Balaban J connectivity index is 4.43. The van der Waals surface area contributed by atoms with Crippen molar-refractivity contribution in [2.45, 2.75) is 77.0 Å². The molecule has 4 amide bonds. The zero-order chi connectivity index (χ0) is 59.1. The van der Waals surface area contributed by atoms with Gasteiger partial charge in [0.05, 0.1) is 26.2 Å². The standard InChI is InChI=1S/C51H103N17O4S8/c1-2-20-65(24-16-61-48(53)54)44(69)11-40-77-37-8-33-74-29-4-22-67(26-18-63-50(57)58)46(71)13-42-79-39-10-35-76-31-6-23-68(27-19-64-51(59)60)47(72)14-43-80-38-9-34-75-30-5-21-66(25-17-62-49(55)56)45(70)12-41-78-36-7-32-73-28-3-15-52/h2H,1,3-43,52H2,(H4,53,54,61)(H4,55,56,62)(H4,57,58,63)(H4,59,60,64). The summed E-state index contributed by atoms with van der Waals surface area (Å²) in [6, 6.07) is 0. The van der Waals surface area contributed by atoms with E-state index in [2.05, 4.69) is 26.5 Å². The Labute approximate surface area is 515 Å². The first-order chi connectivity index (χ1) is 38.7. The number of rotatable bonds is 57. The van der Waals surface area contributed by atoms with E-state index in [4.69, 9.17) is 51.6 Å². The monoisotopic (exact) mass is 1270 g/mol. The minimum Gasteiger partial charge on any atom is -0.370 e. The number of aliphatic imine (C=N–C) groups is 4. The van der Waals surface area contributed by atoms with Crippen LogP contribution in [-0.2, 0) is 19.2 Å². The number of nitrogens with two attached hydrogens (primary N) is 9. The molecule has 18 N–H and O–H groups in total. The molecule has 0 heterocycles. The number of thioether (sulfide) groups is 8. The van der Waals surface area contributed by atoms with Crippen molar-refractivity contribution in [3.63, 3.8) is 0 Å². The van der Waals surface area contributed by atoms with Crippen molar-refractivity contribution in [1.29, 1.82) is 0 Å². The van der Waals surface area contributed by atoms with Crippen molar-refractivity contribution in [1.82, 2.24) is 19.6 Å². The van der Waals surface area contributed by atoms with E-state index in [0.29, 0.717) is 104 Å². The summed E-state index contributed by atoms with van der Waals surface area (Å²) in [4.78, 5) is 75.8. The topological polar surface area (TPSA) is 365 Å². The van der Waals surface area contributed by atoms with Crippen LogP contribution < -0.4 is 51.6 Å². The molecule has 464 valence electrons. The molecule has 80 heavy (non-hydrogen) atoms. The molecule has 0 fully saturated rings. The third-order valence-electron chi connectivity index (χ3n) is 11.2. The van der Waals surface area contributed by atoms with Gasteiger partial charge in [0.15, 0.2) is 23.8 Å². The van der Waals surface area contributed by atoms with Gasteiger partial charge in [-0.2, -0.15) is 94.1 Å². The number of guanidine groups is 4. The van der Waals surface area contributed by atoms with Crippen LogP contribution in [0.1, 0.15) is 77.0 Å². The van der Waals surface area contributed by atoms with Gasteiger partial charge in [-0.1, -0.05) is 6.08 Å². The Morgan fingerprint density at radius 1 is 0.325 bits per heavy atom. The Bertz CT molecular complexity index is 1710. The van der Waals surface area contributed by atoms with Gasteiger partial charge >= 0.3 is 0 Å². The normalized spacial score (nSPS) is 10.9. The zero-order valence-electron chi connectivity index (χ0n) is 47.9. The Hall–Kier alpha value is -2.54. The molecular weight excluding hydrogens is 1170 g/mol. The lowest BCUT2D eigenvalue weighted by molar-refractivity contribution is -0.131. The van der Waals surface area contributed by atoms with Crippen LogP contribution in [-0.4, -0.2) is 244 Å². The molecule has 0 bridgehead atoms. The van der Waals surface area contributed by atoms with Crippen molar-refractivity contribution in [2.24, 2.45) is 71.6 Å². The van der Waals surface area contributed by atoms with E-state index in [-0.39, 0.29) is 47.5 Å². The molecule has 0 unspecified atom stereocenters. The van der Waals surface area contributed by atoms with Crippen LogP contribution in [0.3, 0.4) is 0 Å². The van der Waals surface area contributed by atoms with Crippen LogP contribution in [0.5, 0.6) is 0 Å². The average molecular weight is 1280 g/mol. The van der Waals surface area contributed by atoms with Crippen molar-refractivity contribution < 1.29 is 19.2 Å². The first-order valence-corrected chi connectivity index (χ1v) is 37.2. The molecule has 0 radical (unpaired) electrons. The number of amides is 4. The highest BCUT2D eigenvalue weighted by Gasteiger charge is 2.16. The fraction of sp³-hybridized carbons (Fsp3) is 0.804. The van der Waals surface area contributed by atoms with E-state index in [1.807, 2.05) is 85.3 Å². The third kappa shape index (κ3) is 51.1. The third-order valence-corrected chi connectivity index (χ3v) is 20.1. The second-order valence-electron chi connectivity index (χ2n) is 18.0. The number of nitrogens with zero attached hydrogens (tertiary/aromatic N) is 8. The van der Waals surface area contributed by atoms with E-state index in [0.717, 1.165) is 150 Å². The zero-order valence-corrected chi connectivity index (χ0v) is 54.5. The molecule has 0 aromatic carbocycles. The SMILES string of the molecule is C=CCN(CCN=C(N)N)C(=O)CCSCCCSCCCN(CCN=C(N)N)C(=O)CCSCCCSCCCN(CCN=C(N)N)C(=O)CCSCCCSCCCN(CCN=C(N)N)C(=O)CCSCCCSCCCN. The summed E-state index contributed by atoms with van der Waals surface area (Å²) in [6.45, 7) is 10.5. The summed E-state index contributed by atoms with van der Waals surface area (Å²) in [6.07, 6.45) is 11.7. The molecule has 0 aliphatic rings. The number of carbonyl (C=O) groups is 4. The lowest BCUT2D eigenvalue weighted by atomic mass is 10.3. The summed E-state index contributed by atoms with van der Waals surface area (Å²) in [5, 5.41) is 0. The van der Waals surface area contributed by atoms with Gasteiger partial charge in [0.2, 0.25) is 23.6 Å². The van der Waals surface area contributed by atoms with Gasteiger partial charge in [-0.25, -0.2) is 0 Å². The summed E-state index contributed by atoms with van der Waals surface area (Å²) >= 11 is 14.9. The molecule has 0 aromatic heterocycles. The molecule has 0 spiro atoms. The van der Waals surface area contributed by atoms with Gasteiger partial charge in [0.25, 0.3) is 0 Å². The van der Waals surface area contributed by atoms with E-state index >= 15 is 0 Å². The number of hydrogen-bond acceptors (Lipinski definition) is 17. The van der Waals surface area contributed by atoms with Crippen LogP contribution in [0, 0.1) is 0 Å². The number of carbonyl (C=O) groups excluding carboxylic acids is 4. The largest absolute Gasteiger partial charge is 0.370 e. The predicted molar refractivity (Wildman–Crippen MR) is 362 cm³/mol. The van der Waals surface area contributed by atoms with Crippen LogP contribution in [0.4, 0.5) is 0 Å². The van der Waals surface area contributed by atoms with Gasteiger partial charge in [0, 0.05) is 101 Å². The van der Waals surface area contributed by atoms with Gasteiger partial charge in [0.1, 0.15) is 0 Å². The predicted octanol–water partition coefficient (Wildman–Crippen LogP) is 3.09. The lowest BCUT2D eigenvalue weighted by Crippen LogP contribution is -2.35. The highest BCUT2D eigenvalue weighted by molar-refractivity contribution is 8.01. The highest BCUT2D eigenvalue weighted by Crippen LogP contribution is 2.17. The van der Waals surface area contributed by atoms with Gasteiger partial charge in [-0.05, 0) is 127 Å².